The lowest BCUT2D eigenvalue weighted by Gasteiger charge is -2.21. The molecule has 1 rings (SSSR count). The molecule has 1 heterocycles. The largest absolute Gasteiger partial charge is 0.382 e. The third-order valence-corrected chi connectivity index (χ3v) is 7.74. The maximum absolute atomic E-state index is 12.2. The van der Waals surface area contributed by atoms with Crippen LogP contribution in [0.2, 0.25) is 0 Å². The van der Waals surface area contributed by atoms with Gasteiger partial charge < -0.3 is 66.9 Å². The summed E-state index contributed by atoms with van der Waals surface area (Å²) >= 11 is 0. The van der Waals surface area contributed by atoms with Crippen molar-refractivity contribution in [1.29, 1.82) is 0 Å². The summed E-state index contributed by atoms with van der Waals surface area (Å²) in [6, 6.07) is 0. The summed E-state index contributed by atoms with van der Waals surface area (Å²) in [5, 5.41) is 2.81. The molecule has 1 fully saturated rings. The van der Waals surface area contributed by atoms with Crippen molar-refractivity contribution in [3.05, 3.63) is 0 Å². The first kappa shape index (κ1) is 50.1. The molecule has 0 saturated carbocycles. The number of hydrogen-bond donors (Lipinski definition) is 1. The summed E-state index contributed by atoms with van der Waals surface area (Å²) < 4.78 is 72.3. The predicted molar refractivity (Wildman–Crippen MR) is 194 cm³/mol. The van der Waals surface area contributed by atoms with Crippen LogP contribution in [0.5, 0.6) is 0 Å². The Labute approximate surface area is 321 Å². The van der Waals surface area contributed by atoms with Crippen LogP contribution in [0.4, 0.5) is 0 Å². The van der Waals surface area contributed by atoms with E-state index in [0.29, 0.717) is 125 Å². The minimum atomic E-state index is -0.383. The van der Waals surface area contributed by atoms with Crippen molar-refractivity contribution in [3.8, 4) is 0 Å². The fourth-order valence-corrected chi connectivity index (χ4v) is 4.78. The van der Waals surface area contributed by atoms with Crippen LogP contribution in [0.3, 0.4) is 0 Å². The quantitative estimate of drug-likeness (QED) is 0.0652. The SMILES string of the molecule is COCCOCC(COCCOCC(COCCCNC(=O)CCN1C(=O)CC(C)C1=O)OCCOCC(COCCOC)OCCOC)OCCOC. The molecule has 1 aliphatic rings. The van der Waals surface area contributed by atoms with Crippen LogP contribution in [0.25, 0.3) is 0 Å². The molecular formula is C36H68N2O16. The Balaban J connectivity index is 2.46. The van der Waals surface area contributed by atoms with Crippen molar-refractivity contribution in [2.24, 2.45) is 5.92 Å². The highest BCUT2D eigenvalue weighted by Gasteiger charge is 2.35. The summed E-state index contributed by atoms with van der Waals surface area (Å²) in [4.78, 5) is 37.4. The Bertz CT molecular complexity index is 920. The lowest BCUT2D eigenvalue weighted by molar-refractivity contribution is -0.139. The summed E-state index contributed by atoms with van der Waals surface area (Å²) in [6.45, 7) is 9.44. The molecule has 54 heavy (non-hydrogen) atoms. The van der Waals surface area contributed by atoms with E-state index in [1.165, 1.54) is 0 Å². The van der Waals surface area contributed by atoms with Gasteiger partial charge >= 0.3 is 0 Å². The number of methoxy groups -OCH3 is 4. The smallest absolute Gasteiger partial charge is 0.232 e. The van der Waals surface area contributed by atoms with Crippen molar-refractivity contribution in [3.63, 3.8) is 0 Å². The summed E-state index contributed by atoms with van der Waals surface area (Å²) in [5.41, 5.74) is 0. The van der Waals surface area contributed by atoms with Crippen molar-refractivity contribution >= 4 is 17.7 Å². The molecule has 0 radical (unpaired) electrons. The summed E-state index contributed by atoms with van der Waals surface area (Å²) in [5.74, 6) is -1.01. The lowest BCUT2D eigenvalue weighted by atomic mass is 10.1. The highest BCUT2D eigenvalue weighted by molar-refractivity contribution is 6.03. The zero-order valence-electron chi connectivity index (χ0n) is 33.3. The number of imide groups is 1. The highest BCUT2D eigenvalue weighted by Crippen LogP contribution is 2.18. The third kappa shape index (κ3) is 26.8. The van der Waals surface area contributed by atoms with E-state index < -0.39 is 0 Å². The molecule has 0 aromatic heterocycles. The molecule has 18 nitrogen and oxygen atoms in total. The van der Waals surface area contributed by atoms with E-state index in [0.717, 1.165) is 4.90 Å². The van der Waals surface area contributed by atoms with Gasteiger partial charge in [0.25, 0.3) is 0 Å². The van der Waals surface area contributed by atoms with Crippen LogP contribution in [0.1, 0.15) is 26.2 Å². The van der Waals surface area contributed by atoms with E-state index in [-0.39, 0.29) is 74.6 Å². The number of likely N-dealkylation sites (tertiary alicyclic amines) is 1. The van der Waals surface area contributed by atoms with Crippen molar-refractivity contribution in [2.45, 2.75) is 44.5 Å². The standard InChI is InChI=1S/C36H68N2O16/c1-30-23-35(40)38(36(30)41)9-7-34(39)37-8-6-10-46-24-31(54-22-19-51-29-33(53-21-14-45-5)26-48-16-12-43-3)27-49-17-18-50-28-32(52-20-13-44-4)25-47-15-11-42-2/h30-33H,6-29H2,1-5H3,(H,37,39). The lowest BCUT2D eigenvalue weighted by Crippen LogP contribution is -2.35. The molecule has 0 bridgehead atoms. The number of nitrogens with one attached hydrogen (secondary N) is 1. The molecule has 4 unspecified atom stereocenters. The normalized spacial score (nSPS) is 16.3. The number of ether oxygens (including phenoxy) is 13. The number of amides is 3. The predicted octanol–water partition coefficient (Wildman–Crippen LogP) is 0.119. The zero-order chi connectivity index (χ0) is 39.5. The second-order valence-electron chi connectivity index (χ2n) is 12.3. The topological polar surface area (TPSA) is 186 Å². The Morgan fingerprint density at radius 2 is 0.963 bits per heavy atom. The van der Waals surface area contributed by atoms with E-state index in [1.807, 2.05) is 0 Å². The van der Waals surface area contributed by atoms with Crippen LogP contribution in [-0.2, 0) is 76.0 Å². The molecule has 0 aromatic rings. The first-order valence-corrected chi connectivity index (χ1v) is 18.7. The van der Waals surface area contributed by atoms with Crippen LogP contribution in [0, 0.1) is 5.92 Å². The Kier molecular flexibility index (Phi) is 32.9. The van der Waals surface area contributed by atoms with E-state index in [4.69, 9.17) is 61.6 Å². The summed E-state index contributed by atoms with van der Waals surface area (Å²) in [7, 11) is 6.46. The number of carbonyl (C=O) groups is 3. The number of nitrogens with zero attached hydrogens (tertiary/aromatic N) is 1. The molecule has 1 N–H and O–H groups in total. The number of carbonyl (C=O) groups excluding carboxylic acids is 3. The molecule has 0 aromatic carbocycles. The molecule has 1 aliphatic heterocycles. The average molecular weight is 785 g/mol. The fraction of sp³-hybridized carbons (Fsp3) is 0.917. The molecule has 4 atom stereocenters. The van der Waals surface area contributed by atoms with Crippen molar-refractivity contribution in [1.82, 2.24) is 10.2 Å². The van der Waals surface area contributed by atoms with Gasteiger partial charge in [0.1, 0.15) is 18.3 Å². The van der Waals surface area contributed by atoms with Gasteiger partial charge in [-0.2, -0.15) is 0 Å². The fourth-order valence-electron chi connectivity index (χ4n) is 4.78. The van der Waals surface area contributed by atoms with E-state index in [1.54, 1.807) is 35.4 Å². The molecule has 3 amide bonds. The highest BCUT2D eigenvalue weighted by atomic mass is 16.6. The van der Waals surface area contributed by atoms with Gasteiger partial charge in [0.2, 0.25) is 17.7 Å². The minimum Gasteiger partial charge on any atom is -0.382 e. The maximum Gasteiger partial charge on any atom is 0.232 e. The Hall–Kier alpha value is -1.91. The van der Waals surface area contributed by atoms with E-state index >= 15 is 0 Å². The first-order valence-electron chi connectivity index (χ1n) is 18.7. The third-order valence-electron chi connectivity index (χ3n) is 7.74. The van der Waals surface area contributed by atoms with Gasteiger partial charge in [0, 0.05) is 66.9 Å². The second kappa shape index (κ2) is 35.5. The maximum atomic E-state index is 12.2. The van der Waals surface area contributed by atoms with Crippen LogP contribution >= 0.6 is 0 Å². The van der Waals surface area contributed by atoms with Crippen LogP contribution < -0.4 is 5.32 Å². The molecule has 0 spiro atoms. The number of hydrogen-bond acceptors (Lipinski definition) is 16. The van der Waals surface area contributed by atoms with Crippen molar-refractivity contribution in [2.75, 3.05) is 167 Å². The van der Waals surface area contributed by atoms with Gasteiger partial charge in [-0.3, -0.25) is 19.3 Å². The van der Waals surface area contributed by atoms with Gasteiger partial charge in [-0.25, -0.2) is 0 Å². The van der Waals surface area contributed by atoms with Gasteiger partial charge in [-0.1, -0.05) is 6.92 Å². The van der Waals surface area contributed by atoms with Gasteiger partial charge in [-0.15, -0.1) is 0 Å². The molecule has 18 heteroatoms. The Morgan fingerprint density at radius 3 is 1.37 bits per heavy atom. The Morgan fingerprint density at radius 1 is 0.593 bits per heavy atom. The minimum absolute atomic E-state index is 0.0641. The monoisotopic (exact) mass is 784 g/mol. The van der Waals surface area contributed by atoms with E-state index in [9.17, 15) is 14.4 Å². The molecule has 318 valence electrons. The van der Waals surface area contributed by atoms with Crippen LogP contribution in [0.15, 0.2) is 0 Å². The molecule has 0 aliphatic carbocycles. The van der Waals surface area contributed by atoms with Gasteiger partial charge in [0.05, 0.1) is 119 Å². The van der Waals surface area contributed by atoms with Crippen LogP contribution in [-0.4, -0.2) is 208 Å². The number of rotatable bonds is 40. The molecule has 1 saturated heterocycles. The van der Waals surface area contributed by atoms with E-state index in [2.05, 4.69) is 5.32 Å². The zero-order valence-corrected chi connectivity index (χ0v) is 33.3. The molecular weight excluding hydrogens is 716 g/mol. The average Bonchev–Trinajstić information content (AvgIpc) is 3.41. The summed E-state index contributed by atoms with van der Waals surface area (Å²) in [6.07, 6.45) is -0.0806. The van der Waals surface area contributed by atoms with Gasteiger partial charge in [0.15, 0.2) is 0 Å². The second-order valence-corrected chi connectivity index (χ2v) is 12.3. The first-order chi connectivity index (χ1) is 26.4. The van der Waals surface area contributed by atoms with Crippen molar-refractivity contribution < 1.29 is 76.0 Å². The van der Waals surface area contributed by atoms with Gasteiger partial charge in [-0.05, 0) is 6.42 Å².